The lowest BCUT2D eigenvalue weighted by atomic mass is 9.87. The second kappa shape index (κ2) is 4.28. The number of rotatable bonds is 3. The van der Waals surface area contributed by atoms with Crippen LogP contribution in [0.2, 0.25) is 0 Å². The van der Waals surface area contributed by atoms with E-state index in [1.807, 2.05) is 26.0 Å². The van der Waals surface area contributed by atoms with Gasteiger partial charge in [0.15, 0.2) is 0 Å². The maximum absolute atomic E-state index is 12.6. The van der Waals surface area contributed by atoms with E-state index in [0.29, 0.717) is 0 Å². The van der Waals surface area contributed by atoms with Crippen LogP contribution in [0.4, 0.5) is 4.39 Å². The maximum Gasteiger partial charge on any atom is 0.123 e. The summed E-state index contributed by atoms with van der Waals surface area (Å²) in [6.45, 7) is 4.08. The summed E-state index contributed by atoms with van der Waals surface area (Å²) in [6, 6.07) is 6.58. The highest BCUT2D eigenvalue weighted by Crippen LogP contribution is 2.21. The Morgan fingerprint density at radius 2 is 1.86 bits per heavy atom. The molecule has 0 aliphatic rings. The first-order valence-corrected chi connectivity index (χ1v) is 4.76. The maximum atomic E-state index is 12.6. The highest BCUT2D eigenvalue weighted by atomic mass is 19.1. The fourth-order valence-corrected chi connectivity index (χ4v) is 1.18. The molecule has 1 aromatic carbocycles. The van der Waals surface area contributed by atoms with E-state index in [1.165, 1.54) is 12.1 Å². The second-order valence-electron chi connectivity index (χ2n) is 4.15. The van der Waals surface area contributed by atoms with Gasteiger partial charge in [0.25, 0.3) is 0 Å². The third-order valence-corrected chi connectivity index (χ3v) is 2.34. The van der Waals surface area contributed by atoms with Crippen LogP contribution in [-0.2, 0) is 6.42 Å². The zero-order valence-electron chi connectivity index (χ0n) is 8.68. The van der Waals surface area contributed by atoms with E-state index >= 15 is 0 Å². The van der Waals surface area contributed by atoms with Gasteiger partial charge in [0.2, 0.25) is 0 Å². The Labute approximate surface area is 85.2 Å². The molecule has 74 valence electrons. The summed E-state index contributed by atoms with van der Waals surface area (Å²) in [5.41, 5.74) is 1.06. The summed E-state index contributed by atoms with van der Waals surface area (Å²) >= 11 is 0. The number of hydrogen-bond acceptors (Lipinski definition) is 0. The van der Waals surface area contributed by atoms with Gasteiger partial charge < -0.3 is 0 Å². The summed E-state index contributed by atoms with van der Waals surface area (Å²) in [7, 11) is 0. The van der Waals surface area contributed by atoms with Crippen molar-refractivity contribution in [1.29, 1.82) is 0 Å². The SMILES string of the molecule is C#CC(C)(C)CCc1ccc(F)cc1. The molecule has 1 aromatic rings. The van der Waals surface area contributed by atoms with Gasteiger partial charge in [-0.3, -0.25) is 0 Å². The Hall–Kier alpha value is -1.29. The van der Waals surface area contributed by atoms with E-state index in [0.717, 1.165) is 18.4 Å². The van der Waals surface area contributed by atoms with Crippen molar-refractivity contribution in [3.8, 4) is 12.3 Å². The van der Waals surface area contributed by atoms with Crippen LogP contribution in [0.3, 0.4) is 0 Å². The van der Waals surface area contributed by atoms with Gasteiger partial charge in [0.1, 0.15) is 5.82 Å². The van der Waals surface area contributed by atoms with Crippen LogP contribution in [-0.4, -0.2) is 0 Å². The fraction of sp³-hybridized carbons (Fsp3) is 0.385. The zero-order chi connectivity index (χ0) is 10.6. The van der Waals surface area contributed by atoms with E-state index in [4.69, 9.17) is 6.42 Å². The van der Waals surface area contributed by atoms with Crippen LogP contribution in [0.5, 0.6) is 0 Å². The summed E-state index contributed by atoms with van der Waals surface area (Å²) in [5, 5.41) is 0. The highest BCUT2D eigenvalue weighted by Gasteiger charge is 2.13. The minimum Gasteiger partial charge on any atom is -0.207 e. The fourth-order valence-electron chi connectivity index (χ4n) is 1.18. The molecule has 0 heterocycles. The van der Waals surface area contributed by atoms with Gasteiger partial charge in [0.05, 0.1) is 0 Å². The standard InChI is InChI=1S/C13H15F/c1-4-13(2,3)10-9-11-5-7-12(14)8-6-11/h1,5-8H,9-10H2,2-3H3. The quantitative estimate of drug-likeness (QED) is 0.641. The Morgan fingerprint density at radius 1 is 1.29 bits per heavy atom. The first kappa shape index (κ1) is 10.8. The lowest BCUT2D eigenvalue weighted by Gasteiger charge is -2.16. The van der Waals surface area contributed by atoms with E-state index in [-0.39, 0.29) is 11.2 Å². The molecule has 0 aromatic heterocycles. The largest absolute Gasteiger partial charge is 0.207 e. The van der Waals surface area contributed by atoms with Gasteiger partial charge in [-0.15, -0.1) is 12.3 Å². The average molecular weight is 190 g/mol. The van der Waals surface area contributed by atoms with Gasteiger partial charge >= 0.3 is 0 Å². The summed E-state index contributed by atoms with van der Waals surface area (Å²) in [4.78, 5) is 0. The Morgan fingerprint density at radius 3 is 2.36 bits per heavy atom. The van der Waals surface area contributed by atoms with Crippen LogP contribution in [0.1, 0.15) is 25.8 Å². The minimum atomic E-state index is -0.190. The topological polar surface area (TPSA) is 0 Å². The van der Waals surface area contributed by atoms with Crippen molar-refractivity contribution >= 4 is 0 Å². The summed E-state index contributed by atoms with van der Waals surface area (Å²) < 4.78 is 12.6. The van der Waals surface area contributed by atoms with Gasteiger partial charge in [-0.2, -0.15) is 0 Å². The van der Waals surface area contributed by atoms with Gasteiger partial charge in [-0.05, 0) is 44.4 Å². The molecule has 0 unspecified atom stereocenters. The molecular formula is C13H15F. The van der Waals surface area contributed by atoms with Gasteiger partial charge in [-0.25, -0.2) is 4.39 Å². The van der Waals surface area contributed by atoms with Gasteiger partial charge in [-0.1, -0.05) is 12.1 Å². The molecule has 0 bridgehead atoms. The normalized spacial score (nSPS) is 11.0. The molecule has 0 nitrogen and oxygen atoms in total. The van der Waals surface area contributed by atoms with E-state index in [9.17, 15) is 4.39 Å². The molecule has 0 amide bonds. The van der Waals surface area contributed by atoms with E-state index in [2.05, 4.69) is 5.92 Å². The Bertz CT molecular complexity index is 327. The minimum absolute atomic E-state index is 0.0750. The number of halogens is 1. The van der Waals surface area contributed by atoms with Crippen molar-refractivity contribution in [2.24, 2.45) is 5.41 Å². The zero-order valence-corrected chi connectivity index (χ0v) is 8.68. The van der Waals surface area contributed by atoms with Crippen LogP contribution >= 0.6 is 0 Å². The Kier molecular flexibility index (Phi) is 3.30. The molecule has 0 aliphatic heterocycles. The number of benzene rings is 1. The predicted octanol–water partition coefficient (Wildman–Crippen LogP) is 3.42. The number of terminal acetylenes is 1. The number of hydrogen-bond donors (Lipinski definition) is 0. The van der Waals surface area contributed by atoms with Crippen molar-refractivity contribution in [3.05, 3.63) is 35.6 Å². The molecule has 1 rings (SSSR count). The van der Waals surface area contributed by atoms with Crippen LogP contribution in [0.25, 0.3) is 0 Å². The monoisotopic (exact) mass is 190 g/mol. The third-order valence-electron chi connectivity index (χ3n) is 2.34. The molecule has 0 radical (unpaired) electrons. The second-order valence-corrected chi connectivity index (χ2v) is 4.15. The lowest BCUT2D eigenvalue weighted by molar-refractivity contribution is 0.459. The first-order valence-electron chi connectivity index (χ1n) is 4.76. The van der Waals surface area contributed by atoms with Crippen molar-refractivity contribution in [2.75, 3.05) is 0 Å². The molecular weight excluding hydrogens is 175 g/mol. The molecule has 0 saturated heterocycles. The Balaban J connectivity index is 2.55. The van der Waals surface area contributed by atoms with Crippen molar-refractivity contribution in [1.82, 2.24) is 0 Å². The summed E-state index contributed by atoms with van der Waals surface area (Å²) in [6.07, 6.45) is 7.21. The van der Waals surface area contributed by atoms with E-state index in [1.54, 1.807) is 0 Å². The molecule has 0 saturated carbocycles. The van der Waals surface area contributed by atoms with E-state index < -0.39 is 0 Å². The molecule has 1 heteroatoms. The molecule has 0 fully saturated rings. The lowest BCUT2D eigenvalue weighted by Crippen LogP contribution is -2.08. The third kappa shape index (κ3) is 3.22. The highest BCUT2D eigenvalue weighted by molar-refractivity contribution is 5.17. The smallest absolute Gasteiger partial charge is 0.123 e. The summed E-state index contributed by atoms with van der Waals surface area (Å²) in [5.74, 6) is 2.56. The first-order chi connectivity index (χ1) is 6.53. The number of aryl methyl sites for hydroxylation is 1. The van der Waals surface area contributed by atoms with Crippen LogP contribution in [0, 0.1) is 23.6 Å². The molecule has 0 atom stereocenters. The van der Waals surface area contributed by atoms with Crippen molar-refractivity contribution in [3.63, 3.8) is 0 Å². The molecule has 14 heavy (non-hydrogen) atoms. The van der Waals surface area contributed by atoms with Crippen molar-refractivity contribution in [2.45, 2.75) is 26.7 Å². The average Bonchev–Trinajstić information content (AvgIpc) is 2.17. The molecule has 0 aliphatic carbocycles. The predicted molar refractivity (Wildman–Crippen MR) is 57.3 cm³/mol. The molecule has 0 N–H and O–H groups in total. The van der Waals surface area contributed by atoms with Crippen molar-refractivity contribution < 1.29 is 4.39 Å². The van der Waals surface area contributed by atoms with Crippen LogP contribution < -0.4 is 0 Å². The van der Waals surface area contributed by atoms with Gasteiger partial charge in [0, 0.05) is 5.41 Å². The molecule has 0 spiro atoms. The van der Waals surface area contributed by atoms with Crippen LogP contribution in [0.15, 0.2) is 24.3 Å².